The Bertz CT molecular complexity index is 820. The predicted molar refractivity (Wildman–Crippen MR) is 105 cm³/mol. The van der Waals surface area contributed by atoms with Gasteiger partial charge in [0.05, 0.1) is 7.11 Å². The molecule has 5 nitrogen and oxygen atoms in total. The number of rotatable bonds is 7. The molecule has 2 amide bonds. The van der Waals surface area contributed by atoms with E-state index in [1.165, 1.54) is 11.3 Å². The van der Waals surface area contributed by atoms with E-state index in [9.17, 15) is 9.59 Å². The summed E-state index contributed by atoms with van der Waals surface area (Å²) in [5.41, 5.74) is 0.951. The molecule has 0 radical (unpaired) electrons. The number of ether oxygens (including phenoxy) is 1. The molecule has 27 heavy (non-hydrogen) atoms. The zero-order valence-electron chi connectivity index (χ0n) is 15.2. The van der Waals surface area contributed by atoms with Crippen molar-refractivity contribution in [1.82, 2.24) is 10.2 Å². The van der Waals surface area contributed by atoms with Gasteiger partial charge in [-0.25, -0.2) is 0 Å². The van der Waals surface area contributed by atoms with Crippen LogP contribution in [-0.4, -0.2) is 29.9 Å². The van der Waals surface area contributed by atoms with Crippen molar-refractivity contribution in [1.29, 1.82) is 0 Å². The Morgan fingerprint density at radius 1 is 1.33 bits per heavy atom. The second-order valence-electron chi connectivity index (χ2n) is 6.43. The lowest BCUT2D eigenvalue weighted by Crippen LogP contribution is -2.50. The number of amides is 2. The predicted octanol–water partition coefficient (Wildman–Crippen LogP) is 3.13. The minimum Gasteiger partial charge on any atom is -0.497 e. The van der Waals surface area contributed by atoms with Crippen LogP contribution in [0.2, 0.25) is 0 Å². The fourth-order valence-electron chi connectivity index (χ4n) is 3.10. The second-order valence-corrected chi connectivity index (χ2v) is 7.40. The summed E-state index contributed by atoms with van der Waals surface area (Å²) in [7, 11) is 1.61. The number of methoxy groups -OCH3 is 1. The van der Waals surface area contributed by atoms with Gasteiger partial charge in [-0.15, -0.1) is 17.8 Å². The van der Waals surface area contributed by atoms with Gasteiger partial charge in [-0.3, -0.25) is 9.59 Å². The van der Waals surface area contributed by atoms with E-state index in [2.05, 4.69) is 11.2 Å². The van der Waals surface area contributed by atoms with E-state index in [4.69, 9.17) is 11.2 Å². The topological polar surface area (TPSA) is 58.6 Å². The van der Waals surface area contributed by atoms with Gasteiger partial charge < -0.3 is 15.0 Å². The monoisotopic (exact) mass is 382 g/mol. The van der Waals surface area contributed by atoms with Crippen LogP contribution in [0.1, 0.15) is 35.7 Å². The van der Waals surface area contributed by atoms with Crippen LogP contribution in [-0.2, 0) is 16.1 Å². The fraction of sp³-hybridized carbons (Fsp3) is 0.333. The molecule has 0 saturated heterocycles. The molecule has 1 aromatic heterocycles. The highest BCUT2D eigenvalue weighted by molar-refractivity contribution is 7.10. The summed E-state index contributed by atoms with van der Waals surface area (Å²) < 4.78 is 5.15. The van der Waals surface area contributed by atoms with Gasteiger partial charge in [-0.2, -0.15) is 0 Å². The molecule has 1 aliphatic rings. The van der Waals surface area contributed by atoms with Crippen molar-refractivity contribution in [2.24, 2.45) is 0 Å². The highest BCUT2D eigenvalue weighted by Gasteiger charge is 2.38. The van der Waals surface area contributed by atoms with Gasteiger partial charge in [-0.1, -0.05) is 18.2 Å². The molecular formula is C21H22N2O3S. The van der Waals surface area contributed by atoms with Crippen molar-refractivity contribution in [3.8, 4) is 18.1 Å². The number of thiophene rings is 1. The molecule has 1 aromatic carbocycles. The SMILES string of the molecule is C#CC(=O)N(C1CCC1)C(C(=O)NCc1ccc(OC)cc1)c1cccs1. The summed E-state index contributed by atoms with van der Waals surface area (Å²) in [5, 5.41) is 4.85. The molecule has 140 valence electrons. The third-order valence-electron chi connectivity index (χ3n) is 4.79. The van der Waals surface area contributed by atoms with Gasteiger partial charge in [0.1, 0.15) is 11.8 Å². The number of hydrogen-bond acceptors (Lipinski definition) is 4. The van der Waals surface area contributed by atoms with Gasteiger partial charge in [0, 0.05) is 17.5 Å². The number of carbonyl (C=O) groups excluding carboxylic acids is 2. The Morgan fingerprint density at radius 2 is 2.07 bits per heavy atom. The first-order chi connectivity index (χ1) is 13.1. The number of nitrogens with zero attached hydrogens (tertiary/aromatic N) is 1. The van der Waals surface area contributed by atoms with E-state index in [1.54, 1.807) is 12.0 Å². The van der Waals surface area contributed by atoms with E-state index in [0.717, 1.165) is 35.5 Å². The third-order valence-corrected chi connectivity index (χ3v) is 5.72. The maximum Gasteiger partial charge on any atom is 0.299 e. The lowest BCUT2D eigenvalue weighted by molar-refractivity contribution is -0.141. The van der Waals surface area contributed by atoms with Crippen molar-refractivity contribution in [3.05, 3.63) is 52.2 Å². The van der Waals surface area contributed by atoms with Crippen LogP contribution in [0.15, 0.2) is 41.8 Å². The summed E-state index contributed by atoms with van der Waals surface area (Å²) in [5.74, 6) is 2.31. The first-order valence-corrected chi connectivity index (χ1v) is 9.75. The van der Waals surface area contributed by atoms with Crippen molar-refractivity contribution >= 4 is 23.2 Å². The Kier molecular flexibility index (Phi) is 6.15. The molecule has 3 rings (SSSR count). The second kappa shape index (κ2) is 8.74. The standard InChI is InChI=1S/C21H22N2O3S/c1-3-19(24)23(16-6-4-7-16)20(18-8-5-13-27-18)21(25)22-14-15-9-11-17(26-2)12-10-15/h1,5,8-13,16,20H,4,6-7,14H2,2H3,(H,22,25). The molecule has 1 fully saturated rings. The zero-order chi connectivity index (χ0) is 19.2. The maximum atomic E-state index is 13.1. The number of hydrogen-bond donors (Lipinski definition) is 1. The largest absolute Gasteiger partial charge is 0.497 e. The normalized spacial score (nSPS) is 14.5. The number of nitrogens with one attached hydrogen (secondary N) is 1. The number of benzene rings is 1. The summed E-state index contributed by atoms with van der Waals surface area (Å²) in [6.07, 6.45) is 8.19. The van der Waals surface area contributed by atoms with Crippen LogP contribution in [0.25, 0.3) is 0 Å². The van der Waals surface area contributed by atoms with Crippen molar-refractivity contribution in [3.63, 3.8) is 0 Å². The molecule has 1 aliphatic carbocycles. The molecule has 1 N–H and O–H groups in total. The Labute approximate surface area is 163 Å². The molecule has 0 spiro atoms. The Hall–Kier alpha value is -2.78. The minimum atomic E-state index is -0.697. The van der Waals surface area contributed by atoms with Gasteiger partial charge in [0.15, 0.2) is 0 Å². The Morgan fingerprint density at radius 3 is 2.59 bits per heavy atom. The van der Waals surface area contributed by atoms with Crippen LogP contribution in [0, 0.1) is 12.3 Å². The summed E-state index contributed by atoms with van der Waals surface area (Å²) in [6, 6.07) is 10.6. The quantitative estimate of drug-likeness (QED) is 0.749. The molecule has 1 heterocycles. The van der Waals surface area contributed by atoms with E-state index < -0.39 is 11.9 Å². The molecule has 1 saturated carbocycles. The molecule has 0 aliphatic heterocycles. The highest BCUT2D eigenvalue weighted by Crippen LogP contribution is 2.34. The smallest absolute Gasteiger partial charge is 0.299 e. The van der Waals surface area contributed by atoms with Crippen molar-refractivity contribution in [2.75, 3.05) is 7.11 Å². The van der Waals surface area contributed by atoms with Crippen molar-refractivity contribution in [2.45, 2.75) is 37.9 Å². The molecule has 0 bridgehead atoms. The van der Waals surface area contributed by atoms with E-state index in [0.29, 0.717) is 6.54 Å². The third kappa shape index (κ3) is 4.32. The highest BCUT2D eigenvalue weighted by atomic mass is 32.1. The van der Waals surface area contributed by atoms with Gasteiger partial charge in [0.25, 0.3) is 5.91 Å². The number of terminal acetylenes is 1. The molecule has 6 heteroatoms. The fourth-order valence-corrected chi connectivity index (χ4v) is 3.92. The van der Waals surface area contributed by atoms with E-state index in [-0.39, 0.29) is 11.9 Å². The molecule has 1 atom stereocenters. The molecular weight excluding hydrogens is 360 g/mol. The maximum absolute atomic E-state index is 13.1. The number of carbonyl (C=O) groups is 2. The van der Waals surface area contributed by atoms with E-state index in [1.807, 2.05) is 41.8 Å². The average molecular weight is 382 g/mol. The first kappa shape index (κ1) is 19.0. The van der Waals surface area contributed by atoms with Crippen molar-refractivity contribution < 1.29 is 14.3 Å². The molecule has 2 aromatic rings. The van der Waals surface area contributed by atoms with Crippen LogP contribution >= 0.6 is 11.3 Å². The average Bonchev–Trinajstić information content (AvgIpc) is 3.18. The van der Waals surface area contributed by atoms with Gasteiger partial charge >= 0.3 is 0 Å². The van der Waals surface area contributed by atoms with E-state index >= 15 is 0 Å². The lowest BCUT2D eigenvalue weighted by Gasteiger charge is -2.40. The summed E-state index contributed by atoms with van der Waals surface area (Å²) in [4.78, 5) is 27.9. The van der Waals surface area contributed by atoms with Crippen LogP contribution in [0.4, 0.5) is 0 Å². The lowest BCUT2D eigenvalue weighted by atomic mass is 9.89. The Balaban J connectivity index is 1.78. The van der Waals surface area contributed by atoms with Crippen LogP contribution < -0.4 is 10.1 Å². The summed E-state index contributed by atoms with van der Waals surface area (Å²) in [6.45, 7) is 0.369. The minimum absolute atomic E-state index is 0.0207. The summed E-state index contributed by atoms with van der Waals surface area (Å²) >= 11 is 1.45. The van der Waals surface area contributed by atoms with Gasteiger partial charge in [0.2, 0.25) is 5.91 Å². The molecule has 1 unspecified atom stereocenters. The first-order valence-electron chi connectivity index (χ1n) is 8.87. The van der Waals surface area contributed by atoms with Crippen LogP contribution in [0.5, 0.6) is 5.75 Å². The zero-order valence-corrected chi connectivity index (χ0v) is 16.0. The van der Waals surface area contributed by atoms with Crippen LogP contribution in [0.3, 0.4) is 0 Å². The van der Waals surface area contributed by atoms with Gasteiger partial charge in [-0.05, 0) is 54.3 Å².